The summed E-state index contributed by atoms with van der Waals surface area (Å²) in [7, 11) is 0. The second kappa shape index (κ2) is 8.65. The maximum atomic E-state index is 10.2. The Morgan fingerprint density at radius 2 is 2.19 bits per heavy atom. The largest absolute Gasteiger partial charge is 0.493 e. The van der Waals surface area contributed by atoms with Crippen LogP contribution in [0.3, 0.4) is 0 Å². The van der Waals surface area contributed by atoms with Crippen molar-refractivity contribution < 1.29 is 9.84 Å². The fraction of sp³-hybridized carbons (Fsp3) is 0.667. The molecule has 3 atom stereocenters. The molecule has 2 rings (SSSR count). The van der Waals surface area contributed by atoms with Gasteiger partial charge in [0.2, 0.25) is 0 Å². The lowest BCUT2D eigenvalue weighted by atomic mass is 10.0. The topological polar surface area (TPSA) is 29.5 Å². The number of hydrogen-bond acceptors (Lipinski definition) is 2. The van der Waals surface area contributed by atoms with Crippen LogP contribution in [-0.4, -0.2) is 17.1 Å². The Kier molecular flexibility index (Phi) is 6.85. The maximum absolute atomic E-state index is 10.2. The van der Waals surface area contributed by atoms with E-state index in [1.807, 2.05) is 24.3 Å². The first-order valence-electron chi connectivity index (χ1n) is 8.25. The minimum atomic E-state index is -0.382. The van der Waals surface area contributed by atoms with Gasteiger partial charge in [-0.05, 0) is 37.0 Å². The third-order valence-electron chi connectivity index (χ3n) is 4.35. The highest BCUT2D eigenvalue weighted by molar-refractivity contribution is 6.20. The quantitative estimate of drug-likeness (QED) is 0.535. The highest BCUT2D eigenvalue weighted by atomic mass is 35.5. The summed E-state index contributed by atoms with van der Waals surface area (Å²) in [6, 6.07) is 7.86. The van der Waals surface area contributed by atoms with Gasteiger partial charge in [-0.1, -0.05) is 44.7 Å². The van der Waals surface area contributed by atoms with Gasteiger partial charge in [-0.2, -0.15) is 0 Å². The second-order valence-electron chi connectivity index (χ2n) is 6.10. The van der Waals surface area contributed by atoms with Gasteiger partial charge >= 0.3 is 0 Å². The van der Waals surface area contributed by atoms with E-state index in [0.29, 0.717) is 12.5 Å². The van der Waals surface area contributed by atoms with E-state index in [9.17, 15) is 5.11 Å². The van der Waals surface area contributed by atoms with Crippen LogP contribution in [0.2, 0.25) is 0 Å². The van der Waals surface area contributed by atoms with E-state index >= 15 is 0 Å². The summed E-state index contributed by atoms with van der Waals surface area (Å²) in [5, 5.41) is 10.5. The third kappa shape index (κ3) is 5.19. The van der Waals surface area contributed by atoms with Crippen LogP contribution in [0.1, 0.15) is 63.5 Å². The number of aliphatic hydroxyl groups is 1. The Morgan fingerprint density at radius 1 is 1.33 bits per heavy atom. The monoisotopic (exact) mass is 310 g/mol. The zero-order chi connectivity index (χ0) is 15.1. The van der Waals surface area contributed by atoms with Crippen molar-refractivity contribution >= 4 is 11.6 Å². The molecule has 21 heavy (non-hydrogen) atoms. The zero-order valence-corrected chi connectivity index (χ0v) is 13.7. The number of rotatable bonds is 8. The van der Waals surface area contributed by atoms with Gasteiger partial charge in [0.15, 0.2) is 0 Å². The normalized spacial score (nSPS) is 23.2. The van der Waals surface area contributed by atoms with Crippen molar-refractivity contribution in [2.45, 2.75) is 63.4 Å². The molecule has 0 aromatic heterocycles. The van der Waals surface area contributed by atoms with Crippen molar-refractivity contribution in [2.75, 3.05) is 6.61 Å². The minimum absolute atomic E-state index is 0.257. The van der Waals surface area contributed by atoms with E-state index in [0.717, 1.165) is 37.0 Å². The molecular formula is C18H27ClO2. The minimum Gasteiger partial charge on any atom is -0.493 e. The van der Waals surface area contributed by atoms with Crippen molar-refractivity contribution in [3.05, 3.63) is 29.8 Å². The predicted octanol–water partition coefficient (Wildman–Crippen LogP) is 5.09. The van der Waals surface area contributed by atoms with Gasteiger partial charge in [0.05, 0.1) is 12.7 Å². The van der Waals surface area contributed by atoms with Crippen molar-refractivity contribution in [2.24, 2.45) is 5.92 Å². The summed E-state index contributed by atoms with van der Waals surface area (Å²) >= 11 is 6.28. The van der Waals surface area contributed by atoms with Gasteiger partial charge in [-0.3, -0.25) is 0 Å². The van der Waals surface area contributed by atoms with Crippen LogP contribution in [0.4, 0.5) is 0 Å². The van der Waals surface area contributed by atoms with E-state index in [2.05, 4.69) is 6.92 Å². The highest BCUT2D eigenvalue weighted by Gasteiger charge is 2.25. The van der Waals surface area contributed by atoms with Crippen LogP contribution in [0, 0.1) is 5.92 Å². The number of aliphatic hydroxyl groups excluding tert-OH is 1. The Balaban J connectivity index is 1.85. The smallest absolute Gasteiger partial charge is 0.119 e. The van der Waals surface area contributed by atoms with Gasteiger partial charge in [-0.15, -0.1) is 11.6 Å². The van der Waals surface area contributed by atoms with E-state index in [4.69, 9.17) is 16.3 Å². The lowest BCUT2D eigenvalue weighted by Crippen LogP contribution is -2.16. The lowest BCUT2D eigenvalue weighted by molar-refractivity contribution is 0.163. The molecule has 3 heteroatoms. The van der Waals surface area contributed by atoms with Crippen molar-refractivity contribution in [1.82, 2.24) is 0 Å². The first-order chi connectivity index (χ1) is 10.2. The van der Waals surface area contributed by atoms with E-state index in [1.165, 1.54) is 19.3 Å². The highest BCUT2D eigenvalue weighted by Crippen LogP contribution is 2.31. The molecule has 118 valence electrons. The summed E-state index contributed by atoms with van der Waals surface area (Å²) < 4.78 is 5.88. The number of ether oxygens (including phenoxy) is 1. The Bertz CT molecular complexity index is 421. The molecule has 0 heterocycles. The van der Waals surface area contributed by atoms with Crippen molar-refractivity contribution in [3.8, 4) is 5.75 Å². The molecule has 0 spiro atoms. The Morgan fingerprint density at radius 3 is 2.90 bits per heavy atom. The molecule has 0 saturated heterocycles. The Labute approximate surface area is 133 Å². The fourth-order valence-electron chi connectivity index (χ4n) is 2.95. The molecule has 0 aliphatic heterocycles. The van der Waals surface area contributed by atoms with Crippen LogP contribution in [0.15, 0.2) is 24.3 Å². The molecular weight excluding hydrogens is 284 g/mol. The maximum Gasteiger partial charge on any atom is 0.119 e. The van der Waals surface area contributed by atoms with Gasteiger partial charge in [0.1, 0.15) is 5.75 Å². The SMILES string of the molecule is CCCCCC(O)c1cccc(OC[C@@H]2CCCC2Cl)c1. The number of unbranched alkanes of at least 4 members (excludes halogenated alkanes) is 2. The number of alkyl halides is 1. The fourth-order valence-corrected chi connectivity index (χ4v) is 3.30. The van der Waals surface area contributed by atoms with Crippen LogP contribution in [0.25, 0.3) is 0 Å². The molecule has 1 aliphatic rings. The summed E-state index contributed by atoms with van der Waals surface area (Å²) in [6.45, 7) is 2.86. The van der Waals surface area contributed by atoms with Crippen LogP contribution < -0.4 is 4.74 Å². The van der Waals surface area contributed by atoms with E-state index < -0.39 is 0 Å². The van der Waals surface area contributed by atoms with Gasteiger partial charge in [0, 0.05) is 11.3 Å². The van der Waals surface area contributed by atoms with Gasteiger partial charge in [0.25, 0.3) is 0 Å². The summed E-state index contributed by atoms with van der Waals surface area (Å²) in [5.41, 5.74) is 0.956. The van der Waals surface area contributed by atoms with Crippen LogP contribution in [0.5, 0.6) is 5.75 Å². The average Bonchev–Trinajstić information content (AvgIpc) is 2.91. The molecule has 1 N–H and O–H groups in total. The van der Waals surface area contributed by atoms with Crippen molar-refractivity contribution in [3.63, 3.8) is 0 Å². The van der Waals surface area contributed by atoms with E-state index in [-0.39, 0.29) is 11.5 Å². The zero-order valence-electron chi connectivity index (χ0n) is 12.9. The average molecular weight is 311 g/mol. The second-order valence-corrected chi connectivity index (χ2v) is 6.66. The molecule has 0 amide bonds. The summed E-state index contributed by atoms with van der Waals surface area (Å²) in [6.07, 6.45) is 7.33. The molecule has 1 aliphatic carbocycles. The standard InChI is InChI=1S/C18H27ClO2/c1-2-3-4-11-18(20)14-7-5-9-16(12-14)21-13-15-8-6-10-17(15)19/h5,7,9,12,15,17-18,20H,2-4,6,8,10-11,13H2,1H3/t15-,17?,18?/m0/s1. The molecule has 1 fully saturated rings. The van der Waals surface area contributed by atoms with Gasteiger partial charge in [-0.25, -0.2) is 0 Å². The van der Waals surface area contributed by atoms with Crippen molar-refractivity contribution in [1.29, 1.82) is 0 Å². The van der Waals surface area contributed by atoms with E-state index in [1.54, 1.807) is 0 Å². The molecule has 2 unspecified atom stereocenters. The van der Waals surface area contributed by atoms with Crippen LogP contribution in [-0.2, 0) is 0 Å². The third-order valence-corrected chi connectivity index (χ3v) is 4.93. The first-order valence-corrected chi connectivity index (χ1v) is 8.69. The van der Waals surface area contributed by atoms with Gasteiger partial charge < -0.3 is 9.84 Å². The molecule has 1 aromatic carbocycles. The first kappa shape index (κ1) is 16.6. The summed E-state index contributed by atoms with van der Waals surface area (Å²) in [5.74, 6) is 1.31. The predicted molar refractivity (Wildman–Crippen MR) is 88.0 cm³/mol. The molecule has 1 saturated carbocycles. The van der Waals surface area contributed by atoms with Crippen LogP contribution >= 0.6 is 11.6 Å². The molecule has 0 radical (unpaired) electrons. The molecule has 1 aromatic rings. The lowest BCUT2D eigenvalue weighted by Gasteiger charge is -2.16. The molecule has 2 nitrogen and oxygen atoms in total. The number of hydrogen-bond donors (Lipinski definition) is 1. The Hall–Kier alpha value is -0.730. The summed E-state index contributed by atoms with van der Waals surface area (Å²) in [4.78, 5) is 0. The number of benzene rings is 1. The molecule has 0 bridgehead atoms. The number of halogens is 1.